The SMILES string of the molecule is O=P([O-])([O-])[O-].O=P([O-])([O-])[O-].[Ce+4].[NH4+].[NH4+]. The zero-order valence-corrected chi connectivity index (χ0v) is 11.6. The Morgan fingerprint density at radius 2 is 0.615 bits per heavy atom. The Hall–Kier alpha value is 1.52. The van der Waals surface area contributed by atoms with Crippen molar-refractivity contribution in [2.45, 2.75) is 0 Å². The normalized spacial score (nSPS) is 9.08. The van der Waals surface area contributed by atoms with Gasteiger partial charge in [-0.1, -0.05) is 0 Å². The van der Waals surface area contributed by atoms with Crippen molar-refractivity contribution in [3.05, 3.63) is 0 Å². The van der Waals surface area contributed by atoms with Crippen LogP contribution in [0.15, 0.2) is 0 Å². The fourth-order valence-electron chi connectivity index (χ4n) is 0. The van der Waals surface area contributed by atoms with E-state index in [1.807, 2.05) is 0 Å². The van der Waals surface area contributed by atoms with Crippen molar-refractivity contribution in [2.24, 2.45) is 0 Å². The second-order valence-corrected chi connectivity index (χ2v) is 2.68. The fraction of sp³-hybridized carbons (Fsp3) is 0. The third-order valence-corrected chi connectivity index (χ3v) is 0. The fourth-order valence-corrected chi connectivity index (χ4v) is 0. The summed E-state index contributed by atoms with van der Waals surface area (Å²) in [5, 5.41) is 0. The minimum absolute atomic E-state index is 0. The van der Waals surface area contributed by atoms with Crippen LogP contribution in [0.4, 0.5) is 0 Å². The van der Waals surface area contributed by atoms with Crippen LogP contribution in [-0.4, -0.2) is 0 Å². The molecule has 0 aliphatic heterocycles. The van der Waals surface area contributed by atoms with Crippen LogP contribution < -0.4 is 41.7 Å². The molecule has 0 aromatic rings. The molecule has 0 aromatic carbocycles. The third kappa shape index (κ3) is 779. The second-order valence-electron chi connectivity index (χ2n) is 0.894. The third-order valence-electron chi connectivity index (χ3n) is 0. The van der Waals surface area contributed by atoms with Crippen LogP contribution in [0.25, 0.3) is 0 Å². The average Bonchev–Trinajstić information content (AvgIpc) is 1.12. The van der Waals surface area contributed by atoms with E-state index in [-0.39, 0.29) is 54.0 Å². The van der Waals surface area contributed by atoms with Gasteiger partial charge in [-0.15, -0.1) is 0 Å². The maximum atomic E-state index is 8.55. The molecule has 8 N–H and O–H groups in total. The number of phosphoric acid groups is 2. The van der Waals surface area contributed by atoms with E-state index in [4.69, 9.17) is 38.5 Å². The summed E-state index contributed by atoms with van der Waals surface area (Å²) in [7, 11) is -10.8. The molecule has 0 radical (unpaired) electrons. The quantitative estimate of drug-likeness (QED) is 0.392. The van der Waals surface area contributed by atoms with Gasteiger partial charge in [-0.2, -0.15) is 15.6 Å². The maximum absolute atomic E-state index is 8.55. The molecule has 10 nitrogen and oxygen atoms in total. The minimum atomic E-state index is -5.39. The van der Waals surface area contributed by atoms with Crippen LogP contribution >= 0.6 is 15.6 Å². The summed E-state index contributed by atoms with van der Waals surface area (Å²) < 4.78 is 17.1. The van der Waals surface area contributed by atoms with Crippen LogP contribution in [0.1, 0.15) is 0 Å². The molecule has 0 heterocycles. The molecule has 0 amide bonds. The van der Waals surface area contributed by atoms with Gasteiger partial charge in [0, 0.05) is 0 Å². The summed E-state index contributed by atoms with van der Waals surface area (Å²) in [4.78, 5) is 51.3. The molecule has 0 saturated heterocycles. The Labute approximate surface area is 107 Å². The van der Waals surface area contributed by atoms with Gasteiger partial charge in [0.05, 0.1) is 0 Å². The van der Waals surface area contributed by atoms with Gasteiger partial charge < -0.3 is 50.8 Å². The summed E-state index contributed by atoms with van der Waals surface area (Å²) in [5.74, 6) is 0. The second kappa shape index (κ2) is 11.6. The first-order chi connectivity index (χ1) is 4.00. The van der Waals surface area contributed by atoms with Gasteiger partial charge in [0.25, 0.3) is 0 Å². The van der Waals surface area contributed by atoms with E-state index in [1.54, 1.807) is 0 Å². The van der Waals surface area contributed by atoms with Crippen LogP contribution in [-0.2, 0) is 9.13 Å². The molecule has 0 saturated carbocycles. The zero-order valence-electron chi connectivity index (χ0n) is 6.66. The van der Waals surface area contributed by atoms with Crippen LogP contribution in [0.2, 0.25) is 0 Å². The smallest absolute Gasteiger partial charge is 0.822 e. The van der Waals surface area contributed by atoms with Gasteiger partial charge in [0.15, 0.2) is 0 Å². The summed E-state index contributed by atoms with van der Waals surface area (Å²) in [5.41, 5.74) is 0. The average molecular weight is 366 g/mol. The Bertz CT molecular complexity index is 132. The Balaban J connectivity index is -0.0000000267. The Kier molecular flexibility index (Phi) is 26.1. The van der Waals surface area contributed by atoms with E-state index in [9.17, 15) is 0 Å². The van der Waals surface area contributed by atoms with E-state index < -0.39 is 15.6 Å². The van der Waals surface area contributed by atoms with E-state index in [0.29, 0.717) is 0 Å². The van der Waals surface area contributed by atoms with Crippen molar-refractivity contribution in [1.82, 2.24) is 12.3 Å². The maximum Gasteiger partial charge on any atom is 4.00 e. The van der Waals surface area contributed by atoms with Crippen LogP contribution in [0, 0.1) is 41.7 Å². The number of hydrogen-bond acceptors (Lipinski definition) is 8. The standard InChI is InChI=1S/Ce.2H3N.2H3O4P/c;;;2*1-5(2,3)4/h;2*1H3;2*(H3,1,2,3,4)/q+4;;;;/p-4. The van der Waals surface area contributed by atoms with E-state index in [1.165, 1.54) is 0 Å². The van der Waals surface area contributed by atoms with Gasteiger partial charge >= 0.3 is 41.7 Å². The summed E-state index contributed by atoms with van der Waals surface area (Å²) in [6.07, 6.45) is 0. The van der Waals surface area contributed by atoms with Gasteiger partial charge in [0.1, 0.15) is 0 Å². The molecule has 0 aromatic heterocycles. The van der Waals surface area contributed by atoms with E-state index >= 15 is 0 Å². The predicted octanol–water partition coefficient (Wildman–Crippen LogP) is -4.90. The van der Waals surface area contributed by atoms with E-state index in [0.717, 1.165) is 0 Å². The Morgan fingerprint density at radius 3 is 0.615 bits per heavy atom. The van der Waals surface area contributed by atoms with Crippen LogP contribution in [0.3, 0.4) is 0 Å². The molecule has 0 unspecified atom stereocenters. The molecule has 0 aliphatic carbocycles. The van der Waals surface area contributed by atoms with Crippen molar-refractivity contribution in [3.8, 4) is 0 Å². The summed E-state index contributed by atoms with van der Waals surface area (Å²) in [6, 6.07) is 0. The molecule has 0 rings (SSSR count). The molecule has 0 spiro atoms. The molecular weight excluding hydrogens is 358 g/mol. The monoisotopic (exact) mass is 366 g/mol. The largest absolute Gasteiger partial charge is 4.00 e. The minimum Gasteiger partial charge on any atom is -0.822 e. The van der Waals surface area contributed by atoms with Gasteiger partial charge in [-0.05, 0) is 0 Å². The molecule has 13 heavy (non-hydrogen) atoms. The Morgan fingerprint density at radius 1 is 0.615 bits per heavy atom. The van der Waals surface area contributed by atoms with Gasteiger partial charge in [-0.25, -0.2) is 0 Å². The molecule has 0 bridgehead atoms. The number of hydrogen-bond donors (Lipinski definition) is 2. The zero-order chi connectivity index (χ0) is 9.00. The van der Waals surface area contributed by atoms with Crippen molar-refractivity contribution < 1.29 is 80.2 Å². The van der Waals surface area contributed by atoms with Gasteiger partial charge in [-0.3, -0.25) is 0 Å². The van der Waals surface area contributed by atoms with Gasteiger partial charge in [0.2, 0.25) is 0 Å². The predicted molar refractivity (Wildman–Crippen MR) is 27.2 cm³/mol. The van der Waals surface area contributed by atoms with Crippen molar-refractivity contribution in [2.75, 3.05) is 0 Å². The first kappa shape index (κ1) is 29.3. The van der Waals surface area contributed by atoms with Crippen molar-refractivity contribution >= 4 is 15.6 Å². The molecule has 80 valence electrons. The van der Waals surface area contributed by atoms with Crippen molar-refractivity contribution in [3.63, 3.8) is 0 Å². The van der Waals surface area contributed by atoms with E-state index in [2.05, 4.69) is 0 Å². The molecule has 0 aliphatic rings. The topological polar surface area (TPSA) is 246 Å². The number of rotatable bonds is 0. The summed E-state index contributed by atoms with van der Waals surface area (Å²) in [6.45, 7) is 0. The van der Waals surface area contributed by atoms with Crippen LogP contribution in [0.5, 0.6) is 0 Å². The van der Waals surface area contributed by atoms with Crippen molar-refractivity contribution in [1.29, 1.82) is 0 Å². The number of quaternary nitrogens is 2. The molecule has 13 heteroatoms. The first-order valence-electron chi connectivity index (χ1n) is 1.46. The molecular formula is H8CeN2O8P2. The first-order valence-corrected chi connectivity index (χ1v) is 4.38. The summed E-state index contributed by atoms with van der Waals surface area (Å²) >= 11 is 0. The molecule has 0 fully saturated rings. The molecule has 0 atom stereocenters.